The van der Waals surface area contributed by atoms with Crippen molar-refractivity contribution in [3.05, 3.63) is 0 Å². The van der Waals surface area contributed by atoms with Crippen LogP contribution in [0.3, 0.4) is 0 Å². The molecule has 0 radical (unpaired) electrons. The standard InChI is InChI=1S/C4H9O3S.Li/c1-4(2)3-7-8(5)6;/h4H,3H2,1-2H3;/q-1;+1. The Morgan fingerprint density at radius 2 is 1.89 bits per heavy atom. The molecule has 0 aliphatic carbocycles. The first-order chi connectivity index (χ1) is 3.63. The zero-order chi connectivity index (χ0) is 6.57. The van der Waals surface area contributed by atoms with E-state index in [2.05, 4.69) is 4.18 Å². The third-order valence-electron chi connectivity index (χ3n) is 0.498. The first kappa shape index (κ1) is 12.2. The van der Waals surface area contributed by atoms with Gasteiger partial charge in [-0.25, -0.2) is 0 Å². The number of rotatable bonds is 3. The summed E-state index contributed by atoms with van der Waals surface area (Å²) >= 11 is 0. The molecule has 0 saturated heterocycles. The monoisotopic (exact) mass is 144 g/mol. The van der Waals surface area contributed by atoms with Gasteiger partial charge in [0.25, 0.3) is 0 Å². The van der Waals surface area contributed by atoms with Crippen LogP contribution in [0.4, 0.5) is 0 Å². The molecule has 0 aliphatic heterocycles. The van der Waals surface area contributed by atoms with Crippen molar-refractivity contribution in [3.8, 4) is 0 Å². The largest absolute Gasteiger partial charge is 1.00 e. The molecular weight excluding hydrogens is 135 g/mol. The maximum absolute atomic E-state index is 9.68. The third-order valence-corrected chi connectivity index (χ3v) is 0.826. The summed E-state index contributed by atoms with van der Waals surface area (Å²) in [7, 11) is -2.34. The summed E-state index contributed by atoms with van der Waals surface area (Å²) in [5.74, 6) is 0.271. The Morgan fingerprint density at radius 1 is 1.44 bits per heavy atom. The van der Waals surface area contributed by atoms with E-state index in [9.17, 15) is 8.42 Å². The van der Waals surface area contributed by atoms with Gasteiger partial charge >= 0.3 is 18.9 Å². The fourth-order valence-corrected chi connectivity index (χ4v) is 0.575. The van der Waals surface area contributed by atoms with Gasteiger partial charge in [-0.05, 0) is 5.92 Å². The maximum Gasteiger partial charge on any atom is 1.00 e. The van der Waals surface area contributed by atoms with Crippen molar-refractivity contribution < 1.29 is 31.5 Å². The first-order valence-corrected chi connectivity index (χ1v) is 3.35. The van der Waals surface area contributed by atoms with Crippen LogP contribution in [0.2, 0.25) is 0 Å². The quantitative estimate of drug-likeness (QED) is 0.336. The molecule has 0 aliphatic rings. The van der Waals surface area contributed by atoms with Crippen LogP contribution in [0.25, 0.3) is 0 Å². The van der Waals surface area contributed by atoms with E-state index in [-0.39, 0.29) is 31.4 Å². The van der Waals surface area contributed by atoms with E-state index in [4.69, 9.17) is 0 Å². The summed E-state index contributed by atoms with van der Waals surface area (Å²) < 4.78 is 23.6. The third kappa shape index (κ3) is 11.9. The average Bonchev–Trinajstić information content (AvgIpc) is 1.61. The van der Waals surface area contributed by atoms with Crippen LogP contribution in [0, 0.1) is 5.92 Å². The van der Waals surface area contributed by atoms with Gasteiger partial charge in [0, 0.05) is 6.61 Å². The van der Waals surface area contributed by atoms with Gasteiger partial charge in [0.2, 0.25) is 0 Å². The predicted molar refractivity (Wildman–Crippen MR) is 29.5 cm³/mol. The van der Waals surface area contributed by atoms with Crippen LogP contribution in [-0.4, -0.2) is 6.61 Å². The van der Waals surface area contributed by atoms with Gasteiger partial charge in [0.15, 0.2) is 0 Å². The number of hydrogen-bond acceptors (Lipinski definition) is 4. The van der Waals surface area contributed by atoms with Crippen LogP contribution in [0.5, 0.6) is 0 Å². The van der Waals surface area contributed by atoms with E-state index in [1.54, 1.807) is 0 Å². The molecule has 0 rings (SSSR count). The van der Waals surface area contributed by atoms with Crippen molar-refractivity contribution in [1.29, 1.82) is 0 Å². The summed E-state index contributed by atoms with van der Waals surface area (Å²) in [5, 5.41) is 0. The number of hydrogen-bond donors (Lipinski definition) is 0. The van der Waals surface area contributed by atoms with Crippen LogP contribution < -0.4 is 18.9 Å². The molecule has 0 unspecified atom stereocenters. The second kappa shape index (κ2) is 6.62. The van der Waals surface area contributed by atoms with Crippen molar-refractivity contribution in [2.75, 3.05) is 6.61 Å². The van der Waals surface area contributed by atoms with Crippen molar-refractivity contribution in [3.63, 3.8) is 0 Å². The minimum Gasteiger partial charge on any atom is -0.424 e. The topological polar surface area (TPSA) is 43.4 Å². The van der Waals surface area contributed by atoms with Gasteiger partial charge in [-0.2, -0.15) is 0 Å². The summed E-state index contributed by atoms with van der Waals surface area (Å²) in [4.78, 5) is 0. The Kier molecular flexibility index (Phi) is 8.99. The molecule has 9 heavy (non-hydrogen) atoms. The molecule has 3 nitrogen and oxygen atoms in total. The van der Waals surface area contributed by atoms with Crippen molar-refractivity contribution in [2.45, 2.75) is 13.8 Å². The molecule has 0 bridgehead atoms. The molecule has 5 heteroatoms. The van der Waals surface area contributed by atoms with Crippen molar-refractivity contribution in [2.24, 2.45) is 5.92 Å². The summed E-state index contributed by atoms with van der Waals surface area (Å²) in [6.45, 7) is 4.04. The smallest absolute Gasteiger partial charge is 0.424 e. The second-order valence-electron chi connectivity index (χ2n) is 1.88. The van der Waals surface area contributed by atoms with E-state index in [0.717, 1.165) is 0 Å². The second-order valence-corrected chi connectivity index (χ2v) is 2.53. The minimum absolute atomic E-state index is 0. The Morgan fingerprint density at radius 3 is 2.00 bits per heavy atom. The van der Waals surface area contributed by atoms with Gasteiger partial charge in [-0.1, -0.05) is 13.8 Å². The summed E-state index contributed by atoms with van der Waals surface area (Å²) in [5.41, 5.74) is 0. The van der Waals surface area contributed by atoms with Gasteiger partial charge in [-0.15, -0.1) is 0 Å². The Bertz CT molecular complexity index is 113. The first-order valence-electron chi connectivity index (χ1n) is 2.35. The average molecular weight is 144 g/mol. The molecule has 0 atom stereocenters. The van der Waals surface area contributed by atoms with Gasteiger partial charge in [-0.3, -0.25) is 0 Å². The van der Waals surface area contributed by atoms with Crippen LogP contribution in [0.1, 0.15) is 13.8 Å². The van der Waals surface area contributed by atoms with Crippen LogP contribution in [-0.2, 0) is 23.6 Å². The molecule has 0 aromatic carbocycles. The molecule has 0 aromatic heterocycles. The molecule has 0 amide bonds. The molecule has 50 valence electrons. The molecule has 0 N–H and O–H groups in total. The van der Waals surface area contributed by atoms with Crippen molar-refractivity contribution in [1.82, 2.24) is 0 Å². The summed E-state index contributed by atoms with van der Waals surface area (Å²) in [6, 6.07) is 0. The fourth-order valence-electron chi connectivity index (χ4n) is 0.192. The van der Waals surface area contributed by atoms with E-state index in [0.29, 0.717) is 0 Å². The SMILES string of the molecule is CC(C)CO[S-](=O)=O.[Li+]. The minimum atomic E-state index is -2.34. The molecular formula is C4H9LiO3S. The predicted octanol–water partition coefficient (Wildman–Crippen LogP) is -2.11. The molecule has 0 spiro atoms. The molecule has 0 aromatic rings. The Balaban J connectivity index is 0. The Hall–Kier alpha value is 0.507. The molecule has 0 fully saturated rings. The maximum atomic E-state index is 9.68. The fraction of sp³-hybridized carbons (Fsp3) is 1.00. The van der Waals surface area contributed by atoms with Gasteiger partial charge in [0.1, 0.15) is 0 Å². The van der Waals surface area contributed by atoms with E-state index in [1.807, 2.05) is 13.8 Å². The van der Waals surface area contributed by atoms with Gasteiger partial charge in [0.05, 0.1) is 11.0 Å². The molecule has 0 saturated carbocycles. The zero-order valence-corrected chi connectivity index (χ0v) is 6.73. The Labute approximate surface area is 69.1 Å². The summed E-state index contributed by atoms with van der Waals surface area (Å²) in [6.07, 6.45) is 0. The van der Waals surface area contributed by atoms with Crippen LogP contribution in [0.15, 0.2) is 0 Å². The van der Waals surface area contributed by atoms with E-state index >= 15 is 0 Å². The van der Waals surface area contributed by atoms with Crippen LogP contribution >= 0.6 is 0 Å². The molecule has 0 heterocycles. The normalized spacial score (nSPS) is 9.78. The zero-order valence-electron chi connectivity index (χ0n) is 5.92. The van der Waals surface area contributed by atoms with Gasteiger partial charge < -0.3 is 12.6 Å². The van der Waals surface area contributed by atoms with E-state index in [1.165, 1.54) is 0 Å². The van der Waals surface area contributed by atoms with Crippen molar-refractivity contribution >= 4 is 11.0 Å². The van der Waals surface area contributed by atoms with E-state index < -0.39 is 11.0 Å².